The maximum absolute atomic E-state index is 14.1. The Kier molecular flexibility index (Phi) is 8.67. The van der Waals surface area contributed by atoms with Gasteiger partial charge in [0.2, 0.25) is 5.60 Å². The first-order valence-electron chi connectivity index (χ1n) is 20.0. The van der Waals surface area contributed by atoms with Crippen LogP contribution in [0.3, 0.4) is 0 Å². The Balaban J connectivity index is 1.36. The Hall–Kier alpha value is -4.00. The van der Waals surface area contributed by atoms with Crippen LogP contribution in [0.1, 0.15) is 61.9 Å². The molecule has 1 aliphatic carbocycles. The minimum absolute atomic E-state index is 0.183. The third kappa shape index (κ3) is 4.73. The van der Waals surface area contributed by atoms with E-state index in [-0.39, 0.29) is 18.6 Å². The van der Waals surface area contributed by atoms with Gasteiger partial charge in [-0.3, -0.25) is 4.90 Å². The number of anilines is 1. The number of rotatable bonds is 8. The molecule has 8 atom stereocenters. The molecule has 0 radical (unpaired) electrons. The second-order valence-electron chi connectivity index (χ2n) is 16.8. The molecule has 292 valence electrons. The summed E-state index contributed by atoms with van der Waals surface area (Å²) in [7, 11) is 6.50. The number of carbonyl (C=O) groups excluding carboxylic acids is 1. The molecule has 11 heteroatoms. The van der Waals surface area contributed by atoms with Gasteiger partial charge in [0.05, 0.1) is 39.4 Å². The van der Waals surface area contributed by atoms with Gasteiger partial charge < -0.3 is 29.6 Å². The number of hydrogen-bond acceptors (Lipinski definition) is 9. The molecule has 55 heavy (non-hydrogen) atoms. The molecule has 1 saturated carbocycles. The number of aromatic amines is 1. The summed E-state index contributed by atoms with van der Waals surface area (Å²) < 4.78 is 14.3. The predicted molar refractivity (Wildman–Crippen MR) is 210 cm³/mol. The fraction of sp³-hybridized carbons (Fsp3) is 0.545. The zero-order chi connectivity index (χ0) is 38.5. The highest BCUT2D eigenvalue weighted by molar-refractivity contribution is 5.88. The lowest BCUT2D eigenvalue weighted by molar-refractivity contribution is -0.529. The molecule has 6 heterocycles. The molecular formula is C44H55N4O7+. The first-order chi connectivity index (χ1) is 26.6. The van der Waals surface area contributed by atoms with Crippen LogP contribution in [0.15, 0.2) is 60.2 Å². The number of allylic oxidation sites excluding steroid dienone is 1. The predicted octanol–water partition coefficient (Wildman–Crippen LogP) is 4.41. The van der Waals surface area contributed by atoms with E-state index in [2.05, 4.69) is 89.1 Å². The van der Waals surface area contributed by atoms with Gasteiger partial charge in [-0.15, -0.1) is 0 Å². The smallest absolute Gasteiger partial charge is 0.342 e. The van der Waals surface area contributed by atoms with Crippen molar-refractivity contribution in [3.8, 4) is 5.75 Å². The summed E-state index contributed by atoms with van der Waals surface area (Å²) in [5, 5.41) is 26.6. The van der Waals surface area contributed by atoms with E-state index in [9.17, 15) is 15.0 Å². The number of para-hydroxylation sites is 1. The number of esters is 1. The number of fused-ring (bicyclic) bond motifs is 6. The Morgan fingerprint density at radius 2 is 1.93 bits per heavy atom. The lowest BCUT2D eigenvalue weighted by Crippen LogP contribution is -2.80. The van der Waals surface area contributed by atoms with Crippen LogP contribution in [-0.2, 0) is 36.6 Å². The van der Waals surface area contributed by atoms with Gasteiger partial charge in [0.15, 0.2) is 6.21 Å². The van der Waals surface area contributed by atoms with E-state index in [1.54, 1.807) is 14.2 Å². The Labute approximate surface area is 323 Å². The Morgan fingerprint density at radius 1 is 1.11 bits per heavy atom. The number of methoxy groups -OCH3 is 2. The second-order valence-corrected chi connectivity index (χ2v) is 16.8. The van der Waals surface area contributed by atoms with Gasteiger partial charge in [-0.25, -0.2) is 19.1 Å². The first kappa shape index (κ1) is 36.6. The molecule has 3 aromatic rings. The van der Waals surface area contributed by atoms with Crippen LogP contribution in [0.5, 0.6) is 5.75 Å². The largest absolute Gasteiger partial charge is 0.496 e. The highest BCUT2D eigenvalue weighted by Crippen LogP contribution is 2.67. The summed E-state index contributed by atoms with van der Waals surface area (Å²) >= 11 is 0. The van der Waals surface area contributed by atoms with Crippen LogP contribution < -0.4 is 9.64 Å². The van der Waals surface area contributed by atoms with Gasteiger partial charge in [-0.1, -0.05) is 50.3 Å². The molecule has 1 spiro atoms. The van der Waals surface area contributed by atoms with Crippen molar-refractivity contribution in [1.82, 2.24) is 9.88 Å². The second kappa shape index (κ2) is 13.0. The lowest BCUT2D eigenvalue weighted by Gasteiger charge is -2.63. The van der Waals surface area contributed by atoms with Gasteiger partial charge in [0.25, 0.3) is 0 Å². The maximum atomic E-state index is 14.1. The van der Waals surface area contributed by atoms with Gasteiger partial charge in [0, 0.05) is 82.3 Å². The fourth-order valence-corrected chi connectivity index (χ4v) is 12.6. The summed E-state index contributed by atoms with van der Waals surface area (Å²) in [5.74, 6) is 0.0585. The van der Waals surface area contributed by atoms with Crippen LogP contribution >= 0.6 is 0 Å². The number of hydrogen-bond donors (Lipinski definition) is 3. The minimum Gasteiger partial charge on any atom is -0.496 e. The van der Waals surface area contributed by atoms with Crippen molar-refractivity contribution in [2.45, 2.75) is 80.6 Å². The van der Waals surface area contributed by atoms with Crippen molar-refractivity contribution in [2.75, 3.05) is 66.1 Å². The summed E-state index contributed by atoms with van der Waals surface area (Å²) in [6.45, 7) is 7.76. The van der Waals surface area contributed by atoms with Crippen molar-refractivity contribution < 1.29 is 38.8 Å². The number of aliphatic hydroxyl groups excluding tert-OH is 1. The summed E-state index contributed by atoms with van der Waals surface area (Å²) in [5.41, 5.74) is 2.98. The lowest BCUT2D eigenvalue weighted by atomic mass is 9.47. The molecule has 5 aliphatic heterocycles. The van der Waals surface area contributed by atoms with E-state index >= 15 is 0 Å². The van der Waals surface area contributed by atoms with E-state index in [0.29, 0.717) is 25.0 Å². The van der Waals surface area contributed by atoms with Crippen molar-refractivity contribution in [1.29, 1.82) is 0 Å². The van der Waals surface area contributed by atoms with E-state index in [4.69, 9.17) is 19.2 Å². The maximum Gasteiger partial charge on any atom is 0.342 e. The van der Waals surface area contributed by atoms with Gasteiger partial charge >= 0.3 is 5.97 Å². The molecule has 3 N–H and O–H groups in total. The minimum atomic E-state index is -2.22. The molecule has 4 unspecified atom stereocenters. The number of aromatic nitrogens is 1. The van der Waals surface area contributed by atoms with E-state index in [1.165, 1.54) is 23.6 Å². The molecule has 11 nitrogen and oxygen atoms in total. The standard InChI is InChI=1S/C44H55N4O7/c1-7-27-20-28-23-42(26-55-54-6,36-30(14-18-47(24-27)25-28)29-12-9-10-13-33(29)45-36)32-21-31-34(22-35(32)52-4)46(3)38-43(31)16-19-48-17-11-15-41(8-2,37(43)48)39(49)44(38,51)40(50)53-5/h9-13,15,20-22,24,28,37-39,45,49,51H,7-8,14,16-19,23,25-26H2,1-6H3/q+1/t28-,37?,38?,39?,41-,42+,43-,44?/m1/s1. The first-order valence-corrected chi connectivity index (χ1v) is 20.0. The molecule has 2 bridgehead atoms. The van der Waals surface area contributed by atoms with Crippen molar-refractivity contribution in [3.05, 3.63) is 82.6 Å². The van der Waals surface area contributed by atoms with E-state index in [0.717, 1.165) is 67.0 Å². The molecular weight excluding hydrogens is 697 g/mol. The van der Waals surface area contributed by atoms with Crippen LogP contribution in [0.2, 0.25) is 0 Å². The third-order valence-corrected chi connectivity index (χ3v) is 14.7. The van der Waals surface area contributed by atoms with Gasteiger partial charge in [0.1, 0.15) is 24.9 Å². The van der Waals surface area contributed by atoms with Gasteiger partial charge in [-0.2, -0.15) is 0 Å². The number of nitrogens with zero attached hydrogens (tertiary/aromatic N) is 3. The number of likely N-dealkylation sites (N-methyl/N-ethyl adjacent to an activating group) is 1. The van der Waals surface area contributed by atoms with Crippen LogP contribution in [0.25, 0.3) is 10.9 Å². The summed E-state index contributed by atoms with van der Waals surface area (Å²) in [4.78, 5) is 34.1. The monoisotopic (exact) mass is 751 g/mol. The number of nitrogens with one attached hydrogen (secondary N) is 1. The molecule has 2 aromatic carbocycles. The zero-order valence-corrected chi connectivity index (χ0v) is 32.9. The molecule has 1 aromatic heterocycles. The van der Waals surface area contributed by atoms with Gasteiger partial charge in [-0.05, 0) is 55.5 Å². The topological polar surface area (TPSA) is 120 Å². The van der Waals surface area contributed by atoms with E-state index in [1.807, 2.05) is 11.9 Å². The molecule has 1 saturated heterocycles. The molecule has 2 fully saturated rings. The Bertz CT molecular complexity index is 2140. The zero-order valence-electron chi connectivity index (χ0n) is 32.9. The summed E-state index contributed by atoms with van der Waals surface area (Å²) in [6, 6.07) is 12.0. The number of ether oxygens (including phenoxy) is 2. The number of aliphatic hydroxyl groups is 2. The van der Waals surface area contributed by atoms with Crippen LogP contribution in [0, 0.1) is 11.3 Å². The van der Waals surface area contributed by atoms with Crippen LogP contribution in [-0.4, -0.2) is 122 Å². The number of carbonyl (C=O) groups is 1. The average molecular weight is 752 g/mol. The number of H-pyrrole nitrogens is 1. The average Bonchev–Trinajstić information content (AvgIpc) is 3.87. The highest BCUT2D eigenvalue weighted by atomic mass is 17.2. The number of benzene rings is 2. The van der Waals surface area contributed by atoms with Crippen LogP contribution in [0.4, 0.5) is 5.69 Å². The molecule has 9 rings (SSSR count). The Morgan fingerprint density at radius 3 is 2.67 bits per heavy atom. The van der Waals surface area contributed by atoms with Crippen molar-refractivity contribution in [3.63, 3.8) is 0 Å². The fourth-order valence-electron chi connectivity index (χ4n) is 12.6. The van der Waals surface area contributed by atoms with Crippen molar-refractivity contribution in [2.24, 2.45) is 11.3 Å². The SMILES string of the molecule is CCC1=C[C@H]2C[N+](=C1)CCc1c([nH]c3ccccc13)[C@@](COOC)(c1cc3c(cc1OC)N(C)C1C(O)(C(=O)OC)C(O)[C@]4(CC)C=CCN5CC[C@]31C54)C2. The summed E-state index contributed by atoms with van der Waals surface area (Å²) in [6.07, 6.45) is 11.3. The quantitative estimate of drug-likeness (QED) is 0.101. The van der Waals surface area contributed by atoms with Crippen molar-refractivity contribution >= 4 is 28.8 Å². The third-order valence-electron chi connectivity index (χ3n) is 14.7. The highest BCUT2D eigenvalue weighted by Gasteiger charge is 2.79. The van der Waals surface area contributed by atoms with E-state index < -0.39 is 40.0 Å². The molecule has 0 amide bonds. The normalized spacial score (nSPS) is 34.8. The molecule has 6 aliphatic rings.